The molecule has 0 spiro atoms. The number of likely N-dealkylation sites (tertiary alicyclic amines) is 1. The quantitative estimate of drug-likeness (QED) is 0.905. The summed E-state index contributed by atoms with van der Waals surface area (Å²) in [5.41, 5.74) is 6.18. The molecule has 0 radical (unpaired) electrons. The molecule has 1 aromatic carbocycles. The van der Waals surface area contributed by atoms with Crippen LogP contribution in [0.25, 0.3) is 10.1 Å². The van der Waals surface area contributed by atoms with E-state index in [-0.39, 0.29) is 11.8 Å². The number of hydrogen-bond acceptors (Lipinski definition) is 4. The zero-order chi connectivity index (χ0) is 15.7. The fourth-order valence-electron chi connectivity index (χ4n) is 3.14. The van der Waals surface area contributed by atoms with Gasteiger partial charge >= 0.3 is 5.97 Å². The van der Waals surface area contributed by atoms with Gasteiger partial charge < -0.3 is 10.8 Å². The number of carboxylic acid groups (broad SMARTS) is 1. The van der Waals surface area contributed by atoms with Crippen molar-refractivity contribution in [3.8, 4) is 0 Å². The fourth-order valence-corrected chi connectivity index (χ4v) is 4.12. The Morgan fingerprint density at radius 3 is 2.59 bits per heavy atom. The molecule has 2 aromatic rings. The highest BCUT2D eigenvalue weighted by atomic mass is 32.1. The van der Waals surface area contributed by atoms with Crippen molar-refractivity contribution in [3.05, 3.63) is 35.2 Å². The Bertz CT molecular complexity index is 704. The number of benzene rings is 1. The summed E-state index contributed by atoms with van der Waals surface area (Å²) in [7, 11) is 0. The van der Waals surface area contributed by atoms with Crippen molar-refractivity contribution in [2.24, 2.45) is 11.7 Å². The highest BCUT2D eigenvalue weighted by Gasteiger charge is 2.33. The number of piperidine rings is 1. The van der Waals surface area contributed by atoms with Crippen LogP contribution in [0.3, 0.4) is 0 Å². The summed E-state index contributed by atoms with van der Waals surface area (Å²) in [6.07, 6.45) is 1.25. The zero-order valence-electron chi connectivity index (χ0n) is 12.1. The molecule has 6 heteroatoms. The van der Waals surface area contributed by atoms with Gasteiger partial charge in [-0.25, -0.2) is 0 Å². The molecule has 116 valence electrons. The summed E-state index contributed by atoms with van der Waals surface area (Å²) in [4.78, 5) is 25.0. The molecule has 1 fully saturated rings. The predicted molar refractivity (Wildman–Crippen MR) is 85.7 cm³/mol. The third-order valence-corrected chi connectivity index (χ3v) is 5.32. The topological polar surface area (TPSA) is 83.6 Å². The molecule has 0 saturated carbocycles. The zero-order valence-corrected chi connectivity index (χ0v) is 12.9. The van der Waals surface area contributed by atoms with E-state index in [1.807, 2.05) is 34.5 Å². The van der Waals surface area contributed by atoms with Gasteiger partial charge in [0, 0.05) is 23.7 Å². The number of fused-ring (bicyclic) bond motifs is 1. The van der Waals surface area contributed by atoms with Crippen molar-refractivity contribution in [1.82, 2.24) is 4.90 Å². The third-order valence-electron chi connectivity index (χ3n) is 4.34. The Morgan fingerprint density at radius 2 is 1.95 bits per heavy atom. The lowest BCUT2D eigenvalue weighted by molar-refractivity contribution is -0.144. The van der Waals surface area contributed by atoms with E-state index in [1.54, 1.807) is 11.3 Å². The number of nitrogens with zero attached hydrogens (tertiary/aromatic N) is 1. The smallest absolute Gasteiger partial charge is 0.325 e. The molecule has 22 heavy (non-hydrogen) atoms. The highest BCUT2D eigenvalue weighted by Crippen LogP contribution is 2.35. The molecule has 3 N–H and O–H groups in total. The molecule has 2 heterocycles. The maximum Gasteiger partial charge on any atom is 0.325 e. The van der Waals surface area contributed by atoms with Gasteiger partial charge in [-0.1, -0.05) is 18.2 Å². The Kier molecular flexibility index (Phi) is 4.13. The van der Waals surface area contributed by atoms with Gasteiger partial charge in [-0.3, -0.25) is 14.5 Å². The van der Waals surface area contributed by atoms with Crippen LogP contribution in [-0.4, -0.2) is 35.0 Å². The van der Waals surface area contributed by atoms with Crippen molar-refractivity contribution in [2.75, 3.05) is 13.1 Å². The second-order valence-electron chi connectivity index (χ2n) is 5.64. The summed E-state index contributed by atoms with van der Waals surface area (Å²) in [6, 6.07) is 7.19. The van der Waals surface area contributed by atoms with Gasteiger partial charge in [0.05, 0.1) is 0 Å². The first-order valence-corrected chi connectivity index (χ1v) is 8.18. The van der Waals surface area contributed by atoms with E-state index in [2.05, 4.69) is 0 Å². The summed E-state index contributed by atoms with van der Waals surface area (Å²) < 4.78 is 1.09. The SMILES string of the molecule is NC(=O)C1CCN(C(C(=O)O)c2csc3ccccc23)CC1. The standard InChI is InChI=1S/C16H18N2O3S/c17-15(19)10-5-7-18(8-6-10)14(16(20)21)12-9-22-13-4-2-1-3-11(12)13/h1-4,9-10,14H,5-8H2,(H2,17,19)(H,20,21). The van der Waals surface area contributed by atoms with E-state index >= 15 is 0 Å². The van der Waals surface area contributed by atoms with E-state index in [9.17, 15) is 14.7 Å². The summed E-state index contributed by atoms with van der Waals surface area (Å²) in [6.45, 7) is 1.16. The third kappa shape index (κ3) is 2.71. The average molecular weight is 318 g/mol. The number of hydrogen-bond donors (Lipinski definition) is 2. The van der Waals surface area contributed by atoms with E-state index in [0.29, 0.717) is 25.9 Å². The number of amides is 1. The van der Waals surface area contributed by atoms with Crippen LogP contribution in [0, 0.1) is 5.92 Å². The predicted octanol–water partition coefficient (Wildman–Crippen LogP) is 2.22. The van der Waals surface area contributed by atoms with Crippen molar-refractivity contribution in [3.63, 3.8) is 0 Å². The monoisotopic (exact) mass is 318 g/mol. The number of thiophene rings is 1. The molecule has 1 atom stereocenters. The van der Waals surface area contributed by atoms with E-state index in [1.165, 1.54) is 0 Å². The van der Waals surface area contributed by atoms with Gasteiger partial charge in [0.2, 0.25) is 5.91 Å². The van der Waals surface area contributed by atoms with Crippen LogP contribution < -0.4 is 5.73 Å². The van der Waals surface area contributed by atoms with Crippen molar-refractivity contribution >= 4 is 33.3 Å². The molecule has 1 saturated heterocycles. The van der Waals surface area contributed by atoms with Crippen LogP contribution in [0.1, 0.15) is 24.4 Å². The van der Waals surface area contributed by atoms with Gasteiger partial charge in [0.25, 0.3) is 0 Å². The maximum atomic E-state index is 11.8. The van der Waals surface area contributed by atoms with E-state index in [0.717, 1.165) is 15.6 Å². The van der Waals surface area contributed by atoms with Gasteiger partial charge in [-0.05, 0) is 35.2 Å². The minimum absolute atomic E-state index is 0.134. The first-order chi connectivity index (χ1) is 10.6. The molecule has 0 bridgehead atoms. The summed E-state index contributed by atoms with van der Waals surface area (Å²) >= 11 is 1.57. The Labute approximate surface area is 132 Å². The van der Waals surface area contributed by atoms with Crippen LogP contribution in [0.4, 0.5) is 0 Å². The molecule has 1 unspecified atom stereocenters. The van der Waals surface area contributed by atoms with Crippen LogP contribution in [0.5, 0.6) is 0 Å². The summed E-state index contributed by atoms with van der Waals surface area (Å²) in [5, 5.41) is 12.6. The van der Waals surface area contributed by atoms with Crippen LogP contribution in [0.2, 0.25) is 0 Å². The molecule has 0 aliphatic carbocycles. The molecule has 1 amide bonds. The highest BCUT2D eigenvalue weighted by molar-refractivity contribution is 7.17. The maximum absolute atomic E-state index is 11.8. The minimum Gasteiger partial charge on any atom is -0.480 e. The number of carbonyl (C=O) groups is 2. The lowest BCUT2D eigenvalue weighted by atomic mass is 9.93. The van der Waals surface area contributed by atoms with Crippen LogP contribution >= 0.6 is 11.3 Å². The van der Waals surface area contributed by atoms with Crippen molar-refractivity contribution < 1.29 is 14.7 Å². The minimum atomic E-state index is -0.846. The second-order valence-corrected chi connectivity index (χ2v) is 6.55. The molecule has 3 rings (SSSR count). The number of rotatable bonds is 4. The van der Waals surface area contributed by atoms with Crippen LogP contribution in [0.15, 0.2) is 29.6 Å². The fraction of sp³-hybridized carbons (Fsp3) is 0.375. The molecular formula is C16H18N2O3S. The van der Waals surface area contributed by atoms with Crippen LogP contribution in [-0.2, 0) is 9.59 Å². The molecule has 1 aliphatic heterocycles. The largest absolute Gasteiger partial charge is 0.480 e. The van der Waals surface area contributed by atoms with E-state index < -0.39 is 12.0 Å². The normalized spacial score (nSPS) is 18.4. The lowest BCUT2D eigenvalue weighted by Gasteiger charge is -2.34. The van der Waals surface area contributed by atoms with Gasteiger partial charge in [0.1, 0.15) is 6.04 Å². The van der Waals surface area contributed by atoms with E-state index in [4.69, 9.17) is 5.73 Å². The lowest BCUT2D eigenvalue weighted by Crippen LogP contribution is -2.42. The first kappa shape index (κ1) is 15.0. The number of carboxylic acids is 1. The second kappa shape index (κ2) is 6.06. The van der Waals surface area contributed by atoms with Gasteiger partial charge in [0.15, 0.2) is 0 Å². The number of aliphatic carboxylic acids is 1. The van der Waals surface area contributed by atoms with Gasteiger partial charge in [-0.15, -0.1) is 11.3 Å². The Hall–Kier alpha value is -1.92. The molecule has 5 nitrogen and oxygen atoms in total. The number of primary amides is 1. The van der Waals surface area contributed by atoms with Crippen molar-refractivity contribution in [2.45, 2.75) is 18.9 Å². The van der Waals surface area contributed by atoms with Crippen molar-refractivity contribution in [1.29, 1.82) is 0 Å². The number of nitrogens with two attached hydrogens (primary N) is 1. The Balaban J connectivity index is 1.88. The first-order valence-electron chi connectivity index (χ1n) is 7.30. The number of carbonyl (C=O) groups excluding carboxylic acids is 1. The van der Waals surface area contributed by atoms with Gasteiger partial charge in [-0.2, -0.15) is 0 Å². The molecule has 1 aliphatic rings. The summed E-state index contributed by atoms with van der Waals surface area (Å²) in [5.74, 6) is -1.27. The Morgan fingerprint density at radius 1 is 1.27 bits per heavy atom. The average Bonchev–Trinajstić information content (AvgIpc) is 2.92. The molecule has 1 aromatic heterocycles. The molecular weight excluding hydrogens is 300 g/mol.